The lowest BCUT2D eigenvalue weighted by atomic mass is 10.1. The number of aryl methyl sites for hydroxylation is 1. The molecule has 30 heavy (non-hydrogen) atoms. The molecule has 6 nitrogen and oxygen atoms in total. The number of rotatable bonds is 4. The number of hydrogen-bond donors (Lipinski definition) is 1. The van der Waals surface area contributed by atoms with Crippen molar-refractivity contribution in [3.63, 3.8) is 0 Å². The zero-order valence-corrected chi connectivity index (χ0v) is 16.1. The number of para-hydroxylation sites is 2. The van der Waals surface area contributed by atoms with Gasteiger partial charge >= 0.3 is 5.97 Å². The van der Waals surface area contributed by atoms with Crippen molar-refractivity contribution in [3.05, 3.63) is 99.9 Å². The van der Waals surface area contributed by atoms with E-state index in [0.717, 1.165) is 5.56 Å². The Morgan fingerprint density at radius 3 is 2.57 bits per heavy atom. The molecule has 150 valence electrons. The van der Waals surface area contributed by atoms with Crippen molar-refractivity contribution in [2.45, 2.75) is 13.5 Å². The summed E-state index contributed by atoms with van der Waals surface area (Å²) in [6.45, 7) is 1.53. The summed E-state index contributed by atoms with van der Waals surface area (Å²) in [7, 11) is 0. The maximum atomic E-state index is 13.4. The number of aromatic nitrogens is 2. The number of fused-ring (bicyclic) bond motifs is 1. The van der Waals surface area contributed by atoms with E-state index in [1.165, 1.54) is 28.8 Å². The van der Waals surface area contributed by atoms with Crippen LogP contribution in [0.25, 0.3) is 16.6 Å². The standard InChI is InChI=1S/C23H18FN3O3/c1-14-5-4-7-18(21(14)25)23(29)30-13-20-26-19-8-3-2-6-17(19)22(28)27(20)16-11-9-15(24)10-12-16/h2-12H,13,25H2,1H3. The Balaban J connectivity index is 1.76. The lowest BCUT2D eigenvalue weighted by Crippen LogP contribution is -2.25. The van der Waals surface area contributed by atoms with Crippen LogP contribution in [0.4, 0.5) is 10.1 Å². The first-order valence-corrected chi connectivity index (χ1v) is 9.24. The van der Waals surface area contributed by atoms with Gasteiger partial charge in [0.15, 0.2) is 5.82 Å². The third kappa shape index (κ3) is 3.53. The van der Waals surface area contributed by atoms with E-state index < -0.39 is 11.8 Å². The van der Waals surface area contributed by atoms with Crippen molar-refractivity contribution in [2.24, 2.45) is 0 Å². The molecule has 0 radical (unpaired) electrons. The molecule has 0 aliphatic heterocycles. The van der Waals surface area contributed by atoms with E-state index in [2.05, 4.69) is 4.98 Å². The van der Waals surface area contributed by atoms with Gasteiger partial charge in [0.2, 0.25) is 0 Å². The number of anilines is 1. The molecule has 0 aliphatic carbocycles. The molecule has 0 saturated carbocycles. The van der Waals surface area contributed by atoms with Gasteiger partial charge in [0, 0.05) is 5.69 Å². The highest BCUT2D eigenvalue weighted by atomic mass is 19.1. The number of esters is 1. The maximum Gasteiger partial charge on any atom is 0.340 e. The molecule has 0 amide bonds. The number of halogens is 1. The summed E-state index contributed by atoms with van der Waals surface area (Å²) in [4.78, 5) is 30.2. The molecule has 0 saturated heterocycles. The van der Waals surface area contributed by atoms with Gasteiger partial charge in [-0.05, 0) is 55.0 Å². The van der Waals surface area contributed by atoms with Crippen LogP contribution in [0, 0.1) is 12.7 Å². The normalized spacial score (nSPS) is 10.9. The van der Waals surface area contributed by atoms with Gasteiger partial charge in [0.25, 0.3) is 5.56 Å². The molecule has 1 heterocycles. The van der Waals surface area contributed by atoms with Crippen LogP contribution in [0.2, 0.25) is 0 Å². The Hall–Kier alpha value is -4.00. The van der Waals surface area contributed by atoms with E-state index in [9.17, 15) is 14.0 Å². The van der Waals surface area contributed by atoms with Gasteiger partial charge in [-0.1, -0.05) is 24.3 Å². The first-order chi connectivity index (χ1) is 14.5. The molecule has 0 atom stereocenters. The van der Waals surface area contributed by atoms with Crippen molar-refractivity contribution < 1.29 is 13.9 Å². The second-order valence-electron chi connectivity index (χ2n) is 6.77. The molecule has 7 heteroatoms. The summed E-state index contributed by atoms with van der Waals surface area (Å²) >= 11 is 0. The van der Waals surface area contributed by atoms with Gasteiger partial charge in [-0.25, -0.2) is 14.2 Å². The molecule has 4 rings (SSSR count). The van der Waals surface area contributed by atoms with Gasteiger partial charge in [0.05, 0.1) is 22.2 Å². The van der Waals surface area contributed by atoms with Crippen LogP contribution in [0.5, 0.6) is 0 Å². The van der Waals surface area contributed by atoms with Gasteiger partial charge in [-0.3, -0.25) is 9.36 Å². The number of hydrogen-bond acceptors (Lipinski definition) is 5. The maximum absolute atomic E-state index is 13.4. The number of ether oxygens (including phenoxy) is 1. The SMILES string of the molecule is Cc1cccc(C(=O)OCc2nc3ccccc3c(=O)n2-c2ccc(F)cc2)c1N. The molecule has 3 aromatic carbocycles. The van der Waals surface area contributed by atoms with Crippen molar-refractivity contribution in [3.8, 4) is 5.69 Å². The minimum Gasteiger partial charge on any atom is -0.454 e. The number of carbonyl (C=O) groups excluding carboxylic acids is 1. The van der Waals surface area contributed by atoms with E-state index in [4.69, 9.17) is 10.5 Å². The highest BCUT2D eigenvalue weighted by molar-refractivity contribution is 5.95. The van der Waals surface area contributed by atoms with Crippen LogP contribution in [0.15, 0.2) is 71.5 Å². The third-order valence-electron chi connectivity index (χ3n) is 4.81. The van der Waals surface area contributed by atoms with Crippen molar-refractivity contribution in [1.82, 2.24) is 9.55 Å². The molecule has 2 N–H and O–H groups in total. The number of nitrogen functional groups attached to an aromatic ring is 1. The second-order valence-corrected chi connectivity index (χ2v) is 6.77. The minimum atomic E-state index is -0.621. The van der Waals surface area contributed by atoms with Crippen LogP contribution in [0.1, 0.15) is 21.7 Å². The highest BCUT2D eigenvalue weighted by Gasteiger charge is 2.17. The van der Waals surface area contributed by atoms with E-state index in [-0.39, 0.29) is 23.6 Å². The number of benzene rings is 3. The largest absolute Gasteiger partial charge is 0.454 e. The quantitative estimate of drug-likeness (QED) is 0.414. The minimum absolute atomic E-state index is 0.213. The molecular formula is C23H18FN3O3. The first-order valence-electron chi connectivity index (χ1n) is 9.24. The van der Waals surface area contributed by atoms with Crippen LogP contribution in [-0.4, -0.2) is 15.5 Å². The van der Waals surface area contributed by atoms with Crippen LogP contribution >= 0.6 is 0 Å². The zero-order chi connectivity index (χ0) is 21.3. The molecule has 0 aliphatic rings. The number of carbonyl (C=O) groups is 1. The van der Waals surface area contributed by atoms with Crippen LogP contribution in [-0.2, 0) is 11.3 Å². The smallest absolute Gasteiger partial charge is 0.340 e. The fraction of sp³-hybridized carbons (Fsp3) is 0.0870. The number of nitrogens with zero attached hydrogens (tertiary/aromatic N) is 2. The average Bonchev–Trinajstić information content (AvgIpc) is 2.75. The van der Waals surface area contributed by atoms with Crippen molar-refractivity contribution in [2.75, 3.05) is 5.73 Å². The molecule has 0 spiro atoms. The van der Waals surface area contributed by atoms with E-state index in [1.807, 2.05) is 0 Å². The Morgan fingerprint density at radius 2 is 1.80 bits per heavy atom. The Morgan fingerprint density at radius 1 is 1.07 bits per heavy atom. The Labute approximate surface area is 171 Å². The summed E-state index contributed by atoms with van der Waals surface area (Å²) in [6, 6.07) is 17.4. The third-order valence-corrected chi connectivity index (χ3v) is 4.81. The molecule has 1 aromatic heterocycles. The summed E-state index contributed by atoms with van der Waals surface area (Å²) < 4.78 is 20.1. The molecule has 0 unspecified atom stereocenters. The van der Waals surface area contributed by atoms with Gasteiger partial charge in [0.1, 0.15) is 12.4 Å². The Bertz CT molecular complexity index is 1310. The lowest BCUT2D eigenvalue weighted by Gasteiger charge is -2.14. The predicted molar refractivity (Wildman–Crippen MR) is 112 cm³/mol. The van der Waals surface area contributed by atoms with Gasteiger partial charge < -0.3 is 10.5 Å². The molecule has 0 bridgehead atoms. The van der Waals surface area contributed by atoms with Crippen molar-refractivity contribution in [1.29, 1.82) is 0 Å². The monoisotopic (exact) mass is 403 g/mol. The summed E-state index contributed by atoms with van der Waals surface area (Å²) in [5.41, 5.74) is 7.87. The fourth-order valence-electron chi connectivity index (χ4n) is 3.20. The fourth-order valence-corrected chi connectivity index (χ4v) is 3.20. The topological polar surface area (TPSA) is 87.2 Å². The van der Waals surface area contributed by atoms with Gasteiger partial charge in [-0.15, -0.1) is 0 Å². The van der Waals surface area contributed by atoms with Crippen molar-refractivity contribution >= 4 is 22.6 Å². The zero-order valence-electron chi connectivity index (χ0n) is 16.1. The summed E-state index contributed by atoms with van der Waals surface area (Å²) in [5, 5.41) is 0.403. The van der Waals surface area contributed by atoms with Gasteiger partial charge in [-0.2, -0.15) is 0 Å². The predicted octanol–water partition coefficient (Wildman–Crippen LogP) is 3.77. The Kier molecular flexibility index (Phi) is 5.02. The van der Waals surface area contributed by atoms with Crippen LogP contribution in [0.3, 0.4) is 0 Å². The highest BCUT2D eigenvalue weighted by Crippen LogP contribution is 2.19. The van der Waals surface area contributed by atoms with E-state index in [0.29, 0.717) is 22.3 Å². The van der Waals surface area contributed by atoms with E-state index >= 15 is 0 Å². The van der Waals surface area contributed by atoms with E-state index in [1.54, 1.807) is 49.4 Å². The lowest BCUT2D eigenvalue weighted by molar-refractivity contribution is 0.0460. The first kappa shape index (κ1) is 19.3. The molecule has 4 aromatic rings. The summed E-state index contributed by atoms with van der Waals surface area (Å²) in [6.07, 6.45) is 0. The molecular weight excluding hydrogens is 385 g/mol. The summed E-state index contributed by atoms with van der Waals surface area (Å²) in [5.74, 6) is -0.836. The average molecular weight is 403 g/mol. The second kappa shape index (κ2) is 7.79. The molecule has 0 fully saturated rings. The number of nitrogens with two attached hydrogens (primary N) is 1. The van der Waals surface area contributed by atoms with Crippen LogP contribution < -0.4 is 11.3 Å².